The molecular formula is C26H26O9. The van der Waals surface area contributed by atoms with Gasteiger partial charge in [0.1, 0.15) is 29.1 Å². The number of phenolic OH excluding ortho intramolecular Hbond substituents is 4. The summed E-state index contributed by atoms with van der Waals surface area (Å²) in [5.74, 6) is -0.924. The Bertz CT molecular complexity index is 1250. The van der Waals surface area contributed by atoms with E-state index in [9.17, 15) is 25.2 Å². The fraction of sp³-hybridized carbons (Fsp3) is 0.269. The Kier molecular flexibility index (Phi) is 6.26. The van der Waals surface area contributed by atoms with Crippen molar-refractivity contribution in [1.29, 1.82) is 0 Å². The summed E-state index contributed by atoms with van der Waals surface area (Å²) in [6.07, 6.45) is -1.65. The highest BCUT2D eigenvalue weighted by molar-refractivity contribution is 5.90. The third-order valence-electron chi connectivity index (χ3n) is 6.00. The van der Waals surface area contributed by atoms with Crippen LogP contribution in [-0.2, 0) is 11.2 Å². The molecule has 184 valence electrons. The van der Waals surface area contributed by atoms with E-state index >= 15 is 0 Å². The Morgan fingerprint density at radius 2 is 1.51 bits per heavy atom. The van der Waals surface area contributed by atoms with Crippen LogP contribution in [-0.4, -0.2) is 46.7 Å². The number of rotatable bonds is 5. The number of aryl methyl sites for hydroxylation is 2. The first-order chi connectivity index (χ1) is 16.6. The second-order valence-electron chi connectivity index (χ2n) is 8.36. The van der Waals surface area contributed by atoms with Gasteiger partial charge in [0.25, 0.3) is 0 Å². The molecule has 9 nitrogen and oxygen atoms in total. The van der Waals surface area contributed by atoms with Gasteiger partial charge in [-0.25, -0.2) is 4.79 Å². The van der Waals surface area contributed by atoms with Crippen molar-refractivity contribution in [3.63, 3.8) is 0 Å². The molecular weight excluding hydrogens is 456 g/mol. The highest BCUT2D eigenvalue weighted by atomic mass is 16.6. The van der Waals surface area contributed by atoms with E-state index in [1.54, 1.807) is 26.0 Å². The summed E-state index contributed by atoms with van der Waals surface area (Å²) in [4.78, 5) is 13.1. The number of carbonyl (C=O) groups is 1. The molecule has 0 amide bonds. The van der Waals surface area contributed by atoms with Crippen molar-refractivity contribution >= 4 is 5.97 Å². The van der Waals surface area contributed by atoms with Gasteiger partial charge >= 0.3 is 5.97 Å². The van der Waals surface area contributed by atoms with Crippen LogP contribution in [0.1, 0.15) is 38.7 Å². The summed E-state index contributed by atoms with van der Waals surface area (Å²) < 4.78 is 22.9. The predicted octanol–water partition coefficient (Wildman–Crippen LogP) is 4.04. The molecule has 0 bridgehead atoms. The van der Waals surface area contributed by atoms with Gasteiger partial charge in [-0.15, -0.1) is 0 Å². The topological polar surface area (TPSA) is 135 Å². The molecule has 0 radical (unpaired) electrons. The first-order valence-electron chi connectivity index (χ1n) is 10.8. The van der Waals surface area contributed by atoms with Gasteiger partial charge in [0.15, 0.2) is 23.4 Å². The van der Waals surface area contributed by atoms with Crippen LogP contribution >= 0.6 is 0 Å². The largest absolute Gasteiger partial charge is 0.507 e. The summed E-state index contributed by atoms with van der Waals surface area (Å²) in [5.41, 5.74) is 2.23. The van der Waals surface area contributed by atoms with E-state index in [0.717, 1.165) is 0 Å². The quantitative estimate of drug-likeness (QED) is 0.314. The molecule has 0 unspecified atom stereocenters. The fourth-order valence-corrected chi connectivity index (χ4v) is 4.18. The molecule has 2 atom stereocenters. The van der Waals surface area contributed by atoms with E-state index in [1.165, 1.54) is 38.5 Å². The smallest absolute Gasteiger partial charge is 0.338 e. The second-order valence-corrected chi connectivity index (χ2v) is 8.36. The van der Waals surface area contributed by atoms with Crippen LogP contribution in [0.4, 0.5) is 0 Å². The predicted molar refractivity (Wildman–Crippen MR) is 125 cm³/mol. The molecule has 4 rings (SSSR count). The summed E-state index contributed by atoms with van der Waals surface area (Å²) in [7, 11) is 3.00. The standard InChI is InChI=1S/C26H26O9/c1-12-5-15(6-13(2)23(12)29)26(31)35-22-11-17-20(33-4)9-16(32-3)10-21(17)34-25(22)14-7-18(27)24(30)19(28)8-14/h5-10,22,25,27-30H,11H2,1-4H3/t22-,25-/m1/s1. The number of carbonyl (C=O) groups excluding carboxylic acids is 1. The van der Waals surface area contributed by atoms with Gasteiger partial charge < -0.3 is 39.4 Å². The molecule has 3 aromatic carbocycles. The molecule has 1 aliphatic heterocycles. The zero-order valence-electron chi connectivity index (χ0n) is 19.7. The van der Waals surface area contributed by atoms with Crippen LogP contribution in [0.25, 0.3) is 0 Å². The number of hydrogen-bond donors (Lipinski definition) is 4. The number of aromatic hydroxyl groups is 4. The van der Waals surface area contributed by atoms with Crippen LogP contribution in [0, 0.1) is 13.8 Å². The number of fused-ring (bicyclic) bond motifs is 1. The fourth-order valence-electron chi connectivity index (χ4n) is 4.18. The highest BCUT2D eigenvalue weighted by Gasteiger charge is 2.37. The number of esters is 1. The lowest BCUT2D eigenvalue weighted by Gasteiger charge is -2.34. The molecule has 1 aliphatic rings. The van der Waals surface area contributed by atoms with Gasteiger partial charge in [0.2, 0.25) is 0 Å². The zero-order valence-corrected chi connectivity index (χ0v) is 19.7. The number of hydrogen-bond acceptors (Lipinski definition) is 9. The molecule has 0 saturated heterocycles. The van der Waals surface area contributed by atoms with E-state index in [4.69, 9.17) is 18.9 Å². The molecule has 3 aromatic rings. The lowest BCUT2D eigenvalue weighted by molar-refractivity contribution is -0.0188. The van der Waals surface area contributed by atoms with E-state index in [1.807, 2.05) is 0 Å². The van der Waals surface area contributed by atoms with Crippen molar-refractivity contribution in [1.82, 2.24) is 0 Å². The van der Waals surface area contributed by atoms with Crippen molar-refractivity contribution in [3.8, 4) is 40.2 Å². The van der Waals surface area contributed by atoms with Crippen molar-refractivity contribution in [3.05, 3.63) is 64.2 Å². The molecule has 0 saturated carbocycles. The second kappa shape index (κ2) is 9.17. The maximum atomic E-state index is 13.1. The summed E-state index contributed by atoms with van der Waals surface area (Å²) in [5, 5.41) is 40.0. The van der Waals surface area contributed by atoms with E-state index in [-0.39, 0.29) is 23.3 Å². The number of phenols is 4. The maximum absolute atomic E-state index is 13.1. The number of methoxy groups -OCH3 is 2. The molecule has 1 heterocycles. The molecule has 0 fully saturated rings. The molecule has 0 aromatic heterocycles. The molecule has 4 N–H and O–H groups in total. The van der Waals surface area contributed by atoms with Crippen molar-refractivity contribution in [2.45, 2.75) is 32.5 Å². The Balaban J connectivity index is 1.77. The molecule has 0 aliphatic carbocycles. The average Bonchev–Trinajstić information content (AvgIpc) is 2.84. The summed E-state index contributed by atoms with van der Waals surface area (Å²) in [6, 6.07) is 8.87. The monoisotopic (exact) mass is 482 g/mol. The molecule has 0 spiro atoms. The third-order valence-corrected chi connectivity index (χ3v) is 6.00. The third kappa shape index (κ3) is 4.44. The minimum atomic E-state index is -0.944. The zero-order chi connectivity index (χ0) is 25.4. The first-order valence-corrected chi connectivity index (χ1v) is 10.8. The van der Waals surface area contributed by atoms with Crippen molar-refractivity contribution in [2.75, 3.05) is 14.2 Å². The SMILES string of the molecule is COc1cc(OC)c2c(c1)O[C@H](c1cc(O)c(O)c(O)c1)[C@H](OC(=O)c1cc(C)c(O)c(C)c1)C2. The minimum Gasteiger partial charge on any atom is -0.507 e. The lowest BCUT2D eigenvalue weighted by Crippen LogP contribution is -2.35. The van der Waals surface area contributed by atoms with Gasteiger partial charge in [-0.1, -0.05) is 0 Å². The van der Waals surface area contributed by atoms with Gasteiger partial charge in [-0.3, -0.25) is 0 Å². The Morgan fingerprint density at radius 3 is 2.09 bits per heavy atom. The van der Waals surface area contributed by atoms with Crippen LogP contribution in [0.15, 0.2) is 36.4 Å². The lowest BCUT2D eigenvalue weighted by atomic mass is 9.93. The van der Waals surface area contributed by atoms with Gasteiger partial charge in [0, 0.05) is 29.7 Å². The van der Waals surface area contributed by atoms with Crippen LogP contribution in [0.3, 0.4) is 0 Å². The van der Waals surface area contributed by atoms with Crippen LogP contribution < -0.4 is 14.2 Å². The Labute approximate surface area is 201 Å². The summed E-state index contributed by atoms with van der Waals surface area (Å²) in [6.45, 7) is 3.37. The van der Waals surface area contributed by atoms with E-state index < -0.39 is 35.4 Å². The minimum absolute atomic E-state index is 0.100. The maximum Gasteiger partial charge on any atom is 0.338 e. The van der Waals surface area contributed by atoms with E-state index in [2.05, 4.69) is 0 Å². The molecule has 9 heteroatoms. The number of ether oxygens (including phenoxy) is 4. The van der Waals surface area contributed by atoms with Gasteiger partial charge in [-0.05, 0) is 49.2 Å². The van der Waals surface area contributed by atoms with Gasteiger partial charge in [0.05, 0.1) is 19.8 Å². The summed E-state index contributed by atoms with van der Waals surface area (Å²) >= 11 is 0. The highest BCUT2D eigenvalue weighted by Crippen LogP contribution is 2.46. The van der Waals surface area contributed by atoms with Gasteiger partial charge in [-0.2, -0.15) is 0 Å². The Hall–Kier alpha value is -4.27. The van der Waals surface area contributed by atoms with Crippen molar-refractivity contribution in [2.24, 2.45) is 0 Å². The van der Waals surface area contributed by atoms with Crippen LogP contribution in [0.2, 0.25) is 0 Å². The van der Waals surface area contributed by atoms with Crippen LogP contribution in [0.5, 0.6) is 40.2 Å². The number of benzene rings is 3. The Morgan fingerprint density at radius 1 is 0.886 bits per heavy atom. The average molecular weight is 482 g/mol. The molecule has 35 heavy (non-hydrogen) atoms. The van der Waals surface area contributed by atoms with E-state index in [0.29, 0.717) is 33.9 Å². The normalized spacial score (nSPS) is 16.7. The first kappa shape index (κ1) is 23.9. The van der Waals surface area contributed by atoms with Crippen molar-refractivity contribution < 1.29 is 44.2 Å².